The minimum absolute atomic E-state index is 0.253. The fraction of sp³-hybridized carbons (Fsp3) is 0.214. The average Bonchev–Trinajstić information content (AvgIpc) is 2.33. The molecule has 2 rings (SSSR count). The molecule has 0 radical (unpaired) electrons. The molecular weight excluding hydrogens is 244 g/mol. The lowest BCUT2D eigenvalue weighted by molar-refractivity contribution is 0.0690. The maximum Gasteiger partial charge on any atom is 0.354 e. The van der Waals surface area contributed by atoms with Gasteiger partial charge in [0.2, 0.25) is 0 Å². The van der Waals surface area contributed by atoms with Crippen LogP contribution >= 0.6 is 0 Å². The van der Waals surface area contributed by atoms with E-state index in [1.807, 2.05) is 32.9 Å². The largest absolute Gasteiger partial charge is 0.477 e. The minimum Gasteiger partial charge on any atom is -0.477 e. The lowest BCUT2D eigenvalue weighted by atomic mass is 10.0. The van der Waals surface area contributed by atoms with Gasteiger partial charge in [-0.3, -0.25) is 4.79 Å². The molecule has 1 aromatic heterocycles. The number of carbonyl (C=O) groups is 1. The highest BCUT2D eigenvalue weighted by Gasteiger charge is 2.12. The summed E-state index contributed by atoms with van der Waals surface area (Å²) in [7, 11) is 0. The number of benzene rings is 1. The standard InChI is InChI=1S/C14H14N2O3/c1-7-4-9(3)10(5-8(7)2)13-15-11(14(18)19)6-12(17)16-13/h4-6H,1-3H3,(H,18,19)(H,15,16,17). The molecular formula is C14H14N2O3. The van der Waals surface area contributed by atoms with E-state index in [1.54, 1.807) is 0 Å². The first-order valence-corrected chi connectivity index (χ1v) is 5.81. The van der Waals surface area contributed by atoms with Crippen LogP contribution in [0.4, 0.5) is 0 Å². The van der Waals surface area contributed by atoms with Crippen molar-refractivity contribution in [3.8, 4) is 11.4 Å². The predicted octanol–water partition coefficient (Wildman–Crippen LogP) is 2.06. The maximum atomic E-state index is 11.5. The van der Waals surface area contributed by atoms with E-state index < -0.39 is 11.5 Å². The van der Waals surface area contributed by atoms with Crippen LogP contribution in [0, 0.1) is 20.8 Å². The molecule has 5 nitrogen and oxygen atoms in total. The Morgan fingerprint density at radius 3 is 2.37 bits per heavy atom. The number of hydrogen-bond donors (Lipinski definition) is 2. The van der Waals surface area contributed by atoms with Crippen molar-refractivity contribution in [1.29, 1.82) is 0 Å². The van der Waals surface area contributed by atoms with Gasteiger partial charge < -0.3 is 10.1 Å². The highest BCUT2D eigenvalue weighted by molar-refractivity contribution is 5.85. The summed E-state index contributed by atoms with van der Waals surface area (Å²) in [5.74, 6) is -0.931. The van der Waals surface area contributed by atoms with Gasteiger partial charge in [0.15, 0.2) is 5.69 Å². The number of rotatable bonds is 2. The van der Waals surface area contributed by atoms with Crippen molar-refractivity contribution in [1.82, 2.24) is 9.97 Å². The Bertz CT molecular complexity index is 717. The predicted molar refractivity (Wildman–Crippen MR) is 71.5 cm³/mol. The summed E-state index contributed by atoms with van der Waals surface area (Å²) in [5.41, 5.74) is 3.15. The third kappa shape index (κ3) is 2.54. The van der Waals surface area contributed by atoms with Crippen molar-refractivity contribution in [3.63, 3.8) is 0 Å². The second-order valence-corrected chi connectivity index (χ2v) is 4.54. The molecule has 0 spiro atoms. The molecule has 1 aromatic carbocycles. The topological polar surface area (TPSA) is 83.0 Å². The summed E-state index contributed by atoms with van der Waals surface area (Å²) < 4.78 is 0. The van der Waals surface area contributed by atoms with Crippen LogP contribution in [0.25, 0.3) is 11.4 Å². The van der Waals surface area contributed by atoms with Gasteiger partial charge in [-0.25, -0.2) is 9.78 Å². The van der Waals surface area contributed by atoms with Crippen molar-refractivity contribution in [2.75, 3.05) is 0 Å². The van der Waals surface area contributed by atoms with Crippen molar-refractivity contribution < 1.29 is 9.90 Å². The monoisotopic (exact) mass is 258 g/mol. The van der Waals surface area contributed by atoms with E-state index in [0.29, 0.717) is 0 Å². The Labute approximate surface area is 110 Å². The molecule has 0 aliphatic carbocycles. The molecule has 0 amide bonds. The maximum absolute atomic E-state index is 11.5. The van der Waals surface area contributed by atoms with E-state index in [1.165, 1.54) is 0 Å². The number of aromatic nitrogens is 2. The first-order chi connectivity index (χ1) is 8.88. The smallest absolute Gasteiger partial charge is 0.354 e. The number of carboxylic acids is 1. The van der Waals surface area contributed by atoms with Crippen LogP contribution in [-0.4, -0.2) is 21.0 Å². The van der Waals surface area contributed by atoms with E-state index in [-0.39, 0.29) is 11.5 Å². The highest BCUT2D eigenvalue weighted by Crippen LogP contribution is 2.23. The summed E-state index contributed by atoms with van der Waals surface area (Å²) in [4.78, 5) is 29.0. The molecule has 0 aliphatic heterocycles. The molecule has 1 heterocycles. The van der Waals surface area contributed by atoms with Gasteiger partial charge in [0.25, 0.3) is 5.56 Å². The van der Waals surface area contributed by atoms with E-state index >= 15 is 0 Å². The van der Waals surface area contributed by atoms with Crippen LogP contribution in [0.3, 0.4) is 0 Å². The van der Waals surface area contributed by atoms with Crippen LogP contribution in [0.2, 0.25) is 0 Å². The molecule has 98 valence electrons. The number of carboxylic acid groups (broad SMARTS) is 1. The zero-order valence-electron chi connectivity index (χ0n) is 10.9. The fourth-order valence-electron chi connectivity index (χ4n) is 1.91. The van der Waals surface area contributed by atoms with Crippen molar-refractivity contribution in [2.24, 2.45) is 0 Å². The Morgan fingerprint density at radius 1 is 1.11 bits per heavy atom. The molecule has 19 heavy (non-hydrogen) atoms. The number of H-pyrrole nitrogens is 1. The summed E-state index contributed by atoms with van der Waals surface area (Å²) in [5, 5.41) is 8.93. The number of hydrogen-bond acceptors (Lipinski definition) is 3. The van der Waals surface area contributed by atoms with Gasteiger partial charge in [-0.05, 0) is 43.5 Å². The summed E-state index contributed by atoms with van der Waals surface area (Å²) >= 11 is 0. The lowest BCUT2D eigenvalue weighted by Gasteiger charge is -2.09. The molecule has 0 fully saturated rings. The average molecular weight is 258 g/mol. The number of aromatic amines is 1. The molecule has 0 unspecified atom stereocenters. The summed E-state index contributed by atoms with van der Waals surface area (Å²) in [6.45, 7) is 5.85. The van der Waals surface area contributed by atoms with E-state index in [0.717, 1.165) is 28.3 Å². The van der Waals surface area contributed by atoms with Crippen LogP contribution in [-0.2, 0) is 0 Å². The molecule has 5 heteroatoms. The van der Waals surface area contributed by atoms with Crippen LogP contribution < -0.4 is 5.56 Å². The van der Waals surface area contributed by atoms with Gasteiger partial charge in [0.05, 0.1) is 0 Å². The number of aromatic carboxylic acids is 1. The van der Waals surface area contributed by atoms with E-state index in [4.69, 9.17) is 5.11 Å². The molecule has 0 bridgehead atoms. The quantitative estimate of drug-likeness (QED) is 0.863. The second-order valence-electron chi connectivity index (χ2n) is 4.54. The molecule has 0 atom stereocenters. The molecule has 0 saturated carbocycles. The van der Waals surface area contributed by atoms with Gasteiger partial charge in [-0.15, -0.1) is 0 Å². The van der Waals surface area contributed by atoms with Crippen LogP contribution in [0.1, 0.15) is 27.2 Å². The van der Waals surface area contributed by atoms with Crippen molar-refractivity contribution in [2.45, 2.75) is 20.8 Å². The van der Waals surface area contributed by atoms with Crippen LogP contribution in [0.15, 0.2) is 23.0 Å². The summed E-state index contributed by atoms with van der Waals surface area (Å²) in [6, 6.07) is 4.86. The lowest BCUT2D eigenvalue weighted by Crippen LogP contribution is -2.14. The first-order valence-electron chi connectivity index (χ1n) is 5.81. The molecule has 0 aliphatic rings. The zero-order chi connectivity index (χ0) is 14.2. The Balaban J connectivity index is 2.68. The highest BCUT2D eigenvalue weighted by atomic mass is 16.4. The zero-order valence-corrected chi connectivity index (χ0v) is 10.9. The van der Waals surface area contributed by atoms with Crippen LogP contribution in [0.5, 0.6) is 0 Å². The second kappa shape index (κ2) is 4.68. The third-order valence-electron chi connectivity index (χ3n) is 3.06. The minimum atomic E-state index is -1.21. The SMILES string of the molecule is Cc1cc(C)c(-c2nc(C(=O)O)cc(=O)[nH]2)cc1C. The van der Waals surface area contributed by atoms with Gasteiger partial charge in [-0.2, -0.15) is 0 Å². The Morgan fingerprint density at radius 2 is 1.74 bits per heavy atom. The van der Waals surface area contributed by atoms with Gasteiger partial charge in [-0.1, -0.05) is 6.07 Å². The van der Waals surface area contributed by atoms with Gasteiger partial charge >= 0.3 is 5.97 Å². The number of nitrogens with zero attached hydrogens (tertiary/aromatic N) is 1. The normalized spacial score (nSPS) is 10.5. The Hall–Kier alpha value is -2.43. The molecule has 0 saturated heterocycles. The van der Waals surface area contributed by atoms with Crippen molar-refractivity contribution >= 4 is 5.97 Å². The van der Waals surface area contributed by atoms with E-state index in [2.05, 4.69) is 9.97 Å². The Kier molecular flexibility index (Phi) is 3.21. The summed E-state index contributed by atoms with van der Waals surface area (Å²) in [6.07, 6.45) is 0. The molecule has 2 aromatic rings. The van der Waals surface area contributed by atoms with E-state index in [9.17, 15) is 9.59 Å². The van der Waals surface area contributed by atoms with Gasteiger partial charge in [0, 0.05) is 11.6 Å². The van der Waals surface area contributed by atoms with Crippen molar-refractivity contribution in [3.05, 3.63) is 50.9 Å². The van der Waals surface area contributed by atoms with Gasteiger partial charge in [0.1, 0.15) is 5.82 Å². The first kappa shape index (κ1) is 13.0. The third-order valence-corrected chi connectivity index (χ3v) is 3.06. The molecule has 2 N–H and O–H groups in total. The fourth-order valence-corrected chi connectivity index (χ4v) is 1.91. The number of nitrogens with one attached hydrogen (secondary N) is 1. The number of aryl methyl sites for hydroxylation is 3.